The second-order valence-corrected chi connectivity index (χ2v) is 5.87. The van der Waals surface area contributed by atoms with Crippen molar-refractivity contribution in [2.45, 2.75) is 20.0 Å². The molecule has 2 aromatic carbocycles. The van der Waals surface area contributed by atoms with Crippen LogP contribution in [0.2, 0.25) is 0 Å². The third kappa shape index (κ3) is 6.74. The van der Waals surface area contributed by atoms with Gasteiger partial charge in [0.15, 0.2) is 5.96 Å². The van der Waals surface area contributed by atoms with Crippen LogP contribution < -0.4 is 20.7 Å². The molecule has 6 nitrogen and oxygen atoms in total. The number of hydrogen-bond donors (Lipinski definition) is 3. The van der Waals surface area contributed by atoms with Crippen LogP contribution in [0.15, 0.2) is 47.5 Å². The van der Waals surface area contributed by atoms with Gasteiger partial charge in [0.2, 0.25) is 0 Å². The topological polar surface area (TPSA) is 74.8 Å². The van der Waals surface area contributed by atoms with Crippen LogP contribution in [0, 0.1) is 6.92 Å². The summed E-state index contributed by atoms with van der Waals surface area (Å²) in [5, 5.41) is 9.16. The minimum Gasteiger partial charge on any atom is -0.496 e. The lowest BCUT2D eigenvalue weighted by molar-refractivity contribution is 0.0963. The van der Waals surface area contributed by atoms with Crippen LogP contribution in [0.25, 0.3) is 0 Å². The van der Waals surface area contributed by atoms with E-state index in [4.69, 9.17) is 4.74 Å². The third-order valence-electron chi connectivity index (χ3n) is 4.02. The highest BCUT2D eigenvalue weighted by Gasteiger charge is 2.06. The van der Waals surface area contributed by atoms with E-state index in [1.807, 2.05) is 43.3 Å². The fourth-order valence-electron chi connectivity index (χ4n) is 2.50. The number of halogens is 1. The van der Waals surface area contributed by atoms with Crippen molar-refractivity contribution in [1.82, 2.24) is 16.0 Å². The highest BCUT2D eigenvalue weighted by atomic mass is 127. The summed E-state index contributed by atoms with van der Waals surface area (Å²) in [6, 6.07) is 13.6. The van der Waals surface area contributed by atoms with Gasteiger partial charge < -0.3 is 20.7 Å². The van der Waals surface area contributed by atoms with Crippen molar-refractivity contribution in [3.63, 3.8) is 0 Å². The number of hydrogen-bond acceptors (Lipinski definition) is 3. The Balaban J connectivity index is 0.00000364. The van der Waals surface area contributed by atoms with Gasteiger partial charge in [-0.05, 0) is 36.2 Å². The molecule has 1 amide bonds. The van der Waals surface area contributed by atoms with Gasteiger partial charge in [0.05, 0.1) is 7.11 Å². The third-order valence-corrected chi connectivity index (χ3v) is 4.02. The molecule has 0 fully saturated rings. The second-order valence-electron chi connectivity index (χ2n) is 5.87. The number of guanidine groups is 1. The van der Waals surface area contributed by atoms with Gasteiger partial charge in [-0.1, -0.05) is 24.3 Å². The number of amides is 1. The number of benzene rings is 2. The average Bonchev–Trinajstić information content (AvgIpc) is 2.68. The maximum Gasteiger partial charge on any atom is 0.251 e. The first-order valence-electron chi connectivity index (χ1n) is 8.46. The Morgan fingerprint density at radius 2 is 1.74 bits per heavy atom. The van der Waals surface area contributed by atoms with E-state index in [9.17, 15) is 4.79 Å². The highest BCUT2D eigenvalue weighted by Crippen LogP contribution is 2.19. The number of carbonyl (C=O) groups is 1. The summed E-state index contributed by atoms with van der Waals surface area (Å²) in [6.45, 7) is 3.26. The number of nitrogens with one attached hydrogen (secondary N) is 3. The lowest BCUT2D eigenvalue weighted by atomic mass is 10.1. The molecule has 0 unspecified atom stereocenters. The van der Waals surface area contributed by atoms with Crippen molar-refractivity contribution in [2.75, 3.05) is 21.2 Å². The Kier molecular flexibility index (Phi) is 9.63. The fraction of sp³-hybridized carbons (Fsp3) is 0.300. The summed E-state index contributed by atoms with van der Waals surface area (Å²) >= 11 is 0. The first kappa shape index (κ1) is 22.8. The molecule has 3 N–H and O–H groups in total. The van der Waals surface area contributed by atoms with Crippen molar-refractivity contribution in [3.8, 4) is 5.75 Å². The van der Waals surface area contributed by atoms with E-state index in [0.717, 1.165) is 22.4 Å². The van der Waals surface area contributed by atoms with Crippen molar-refractivity contribution in [3.05, 3.63) is 64.7 Å². The quantitative estimate of drug-likeness (QED) is 0.337. The number of ether oxygens (including phenoxy) is 1. The minimum atomic E-state index is -0.0889. The summed E-state index contributed by atoms with van der Waals surface area (Å²) in [7, 11) is 5.03. The summed E-state index contributed by atoms with van der Waals surface area (Å²) < 4.78 is 5.43. The average molecular weight is 482 g/mol. The summed E-state index contributed by atoms with van der Waals surface area (Å²) in [6.07, 6.45) is 0. The molecule has 0 aliphatic heterocycles. The van der Waals surface area contributed by atoms with E-state index in [1.165, 1.54) is 0 Å². The molecular weight excluding hydrogens is 455 g/mol. The highest BCUT2D eigenvalue weighted by molar-refractivity contribution is 14.0. The Morgan fingerprint density at radius 3 is 2.33 bits per heavy atom. The van der Waals surface area contributed by atoms with Crippen molar-refractivity contribution < 1.29 is 9.53 Å². The molecule has 0 radical (unpaired) electrons. The SMILES string of the molecule is CN=C(NCc1ccc(C(=O)NC)cc1)NCc1ccc(C)cc1OC.I. The molecule has 0 aliphatic carbocycles. The van der Waals surface area contributed by atoms with Crippen LogP contribution in [-0.2, 0) is 13.1 Å². The monoisotopic (exact) mass is 482 g/mol. The van der Waals surface area contributed by atoms with E-state index < -0.39 is 0 Å². The van der Waals surface area contributed by atoms with Crippen molar-refractivity contribution >= 4 is 35.8 Å². The number of aryl methyl sites for hydroxylation is 1. The van der Waals surface area contributed by atoms with Crippen LogP contribution in [0.1, 0.15) is 27.0 Å². The van der Waals surface area contributed by atoms with Gasteiger partial charge in [-0.3, -0.25) is 9.79 Å². The second kappa shape index (κ2) is 11.4. The number of aliphatic imine (C=N–C) groups is 1. The number of rotatable bonds is 6. The Labute approximate surface area is 177 Å². The molecule has 146 valence electrons. The predicted molar refractivity (Wildman–Crippen MR) is 120 cm³/mol. The number of methoxy groups -OCH3 is 1. The van der Waals surface area contributed by atoms with Gasteiger partial charge in [0.25, 0.3) is 5.91 Å². The van der Waals surface area contributed by atoms with E-state index in [0.29, 0.717) is 24.6 Å². The zero-order valence-corrected chi connectivity index (χ0v) is 18.5. The first-order chi connectivity index (χ1) is 12.6. The Hall–Kier alpha value is -2.29. The molecule has 0 saturated carbocycles. The summed E-state index contributed by atoms with van der Waals surface area (Å²) in [5.41, 5.74) is 3.93. The molecule has 2 rings (SSSR count). The largest absolute Gasteiger partial charge is 0.496 e. The molecule has 0 heterocycles. The van der Waals surface area contributed by atoms with Gasteiger partial charge in [-0.2, -0.15) is 0 Å². The Bertz CT molecular complexity index is 776. The molecule has 0 aliphatic rings. The molecule has 0 spiro atoms. The van der Waals surface area contributed by atoms with Crippen molar-refractivity contribution in [1.29, 1.82) is 0 Å². The molecule has 0 atom stereocenters. The predicted octanol–water partition coefficient (Wildman–Crippen LogP) is 2.85. The lowest BCUT2D eigenvalue weighted by Gasteiger charge is -2.14. The van der Waals surface area contributed by atoms with Gasteiger partial charge in [-0.15, -0.1) is 24.0 Å². The van der Waals surface area contributed by atoms with Gasteiger partial charge >= 0.3 is 0 Å². The van der Waals surface area contributed by atoms with E-state index >= 15 is 0 Å². The van der Waals surface area contributed by atoms with Crippen molar-refractivity contribution in [2.24, 2.45) is 4.99 Å². The molecule has 0 bridgehead atoms. The normalized spacial score (nSPS) is 10.6. The van der Waals surface area contributed by atoms with E-state index in [-0.39, 0.29) is 29.9 Å². The molecule has 27 heavy (non-hydrogen) atoms. The maximum absolute atomic E-state index is 11.6. The van der Waals surface area contributed by atoms with Gasteiger partial charge in [-0.25, -0.2) is 0 Å². The van der Waals surface area contributed by atoms with Crippen LogP contribution in [-0.4, -0.2) is 33.1 Å². The number of nitrogens with zero attached hydrogens (tertiary/aromatic N) is 1. The first-order valence-corrected chi connectivity index (χ1v) is 8.46. The fourth-order valence-corrected chi connectivity index (χ4v) is 2.50. The lowest BCUT2D eigenvalue weighted by Crippen LogP contribution is -2.36. The molecule has 0 aromatic heterocycles. The zero-order valence-electron chi connectivity index (χ0n) is 16.1. The van der Waals surface area contributed by atoms with Crippen LogP contribution in [0.3, 0.4) is 0 Å². The summed E-state index contributed by atoms with van der Waals surface area (Å²) in [4.78, 5) is 15.8. The number of carbonyl (C=O) groups excluding carboxylic acids is 1. The summed E-state index contributed by atoms with van der Waals surface area (Å²) in [5.74, 6) is 1.47. The molecule has 2 aromatic rings. The van der Waals surface area contributed by atoms with Gasteiger partial charge in [0.1, 0.15) is 5.75 Å². The van der Waals surface area contributed by atoms with Crippen LogP contribution >= 0.6 is 24.0 Å². The van der Waals surface area contributed by atoms with Crippen LogP contribution in [0.5, 0.6) is 5.75 Å². The maximum atomic E-state index is 11.6. The van der Waals surface area contributed by atoms with E-state index in [2.05, 4.69) is 27.0 Å². The zero-order chi connectivity index (χ0) is 18.9. The molecular formula is C20H27IN4O2. The van der Waals surface area contributed by atoms with E-state index in [1.54, 1.807) is 21.2 Å². The standard InChI is InChI=1S/C20H26N4O2.HI/c1-14-5-8-17(18(11-14)26-4)13-24-20(22-3)23-12-15-6-9-16(10-7-15)19(25)21-2;/h5-11H,12-13H2,1-4H3,(H,21,25)(H2,22,23,24);1H. The van der Waals surface area contributed by atoms with Crippen LogP contribution in [0.4, 0.5) is 0 Å². The minimum absolute atomic E-state index is 0. The molecule has 0 saturated heterocycles. The smallest absolute Gasteiger partial charge is 0.251 e. The Morgan fingerprint density at radius 1 is 1.07 bits per heavy atom. The molecule has 7 heteroatoms. The van der Waals surface area contributed by atoms with Gasteiger partial charge in [0, 0.05) is 38.3 Å².